The predicted molar refractivity (Wildman–Crippen MR) is 103 cm³/mol. The number of nitrogens with two attached hydrogens (primary N) is 1. The quantitative estimate of drug-likeness (QED) is 0.783. The van der Waals surface area contributed by atoms with E-state index in [1.54, 1.807) is 18.5 Å². The molecule has 0 radical (unpaired) electrons. The molecule has 2 amide bonds. The molecule has 1 aliphatic carbocycles. The Hall–Kier alpha value is -2.41. The SMILES string of the molecule is CCCN.O=CN1CCC2(CC1)CC2CNC(=O)c1cc2ccncc2o1. The van der Waals surface area contributed by atoms with Crippen LogP contribution in [-0.2, 0) is 4.79 Å². The molecule has 7 nitrogen and oxygen atoms in total. The number of hydrogen-bond acceptors (Lipinski definition) is 5. The monoisotopic (exact) mass is 372 g/mol. The number of aromatic nitrogens is 1. The average Bonchev–Trinajstić information content (AvgIpc) is 3.19. The van der Waals surface area contributed by atoms with Crippen molar-refractivity contribution in [2.75, 3.05) is 26.2 Å². The molecular formula is C20H28N4O3. The van der Waals surface area contributed by atoms with Crippen LogP contribution in [0.2, 0.25) is 0 Å². The Balaban J connectivity index is 0.000000481. The molecule has 0 bridgehead atoms. The van der Waals surface area contributed by atoms with Crippen LogP contribution in [-0.4, -0.2) is 48.4 Å². The lowest BCUT2D eigenvalue weighted by Crippen LogP contribution is -2.35. The molecule has 1 atom stereocenters. The van der Waals surface area contributed by atoms with Gasteiger partial charge in [0.1, 0.15) is 0 Å². The van der Waals surface area contributed by atoms with Gasteiger partial charge in [-0.15, -0.1) is 0 Å². The highest BCUT2D eigenvalue weighted by Gasteiger charge is 2.54. The molecule has 3 N–H and O–H groups in total. The molecule has 7 heteroatoms. The van der Waals surface area contributed by atoms with Crippen LogP contribution in [0, 0.1) is 11.3 Å². The van der Waals surface area contributed by atoms with Crippen molar-refractivity contribution in [3.63, 3.8) is 0 Å². The summed E-state index contributed by atoms with van der Waals surface area (Å²) in [4.78, 5) is 28.8. The summed E-state index contributed by atoms with van der Waals surface area (Å²) < 4.78 is 5.53. The molecular weight excluding hydrogens is 344 g/mol. The predicted octanol–water partition coefficient (Wildman–Crippen LogP) is 2.17. The smallest absolute Gasteiger partial charge is 0.287 e. The number of fused-ring (bicyclic) bond motifs is 1. The van der Waals surface area contributed by atoms with Crippen LogP contribution in [0.25, 0.3) is 11.0 Å². The van der Waals surface area contributed by atoms with Crippen molar-refractivity contribution in [1.82, 2.24) is 15.2 Å². The molecule has 4 rings (SSSR count). The molecule has 1 unspecified atom stereocenters. The highest BCUT2D eigenvalue weighted by Crippen LogP contribution is 2.58. The molecule has 1 saturated heterocycles. The van der Waals surface area contributed by atoms with Gasteiger partial charge >= 0.3 is 0 Å². The first kappa shape index (κ1) is 19.4. The topological polar surface area (TPSA) is 101 Å². The number of pyridine rings is 1. The van der Waals surface area contributed by atoms with Gasteiger partial charge < -0.3 is 20.4 Å². The van der Waals surface area contributed by atoms with E-state index < -0.39 is 0 Å². The van der Waals surface area contributed by atoms with Crippen molar-refractivity contribution in [2.45, 2.75) is 32.6 Å². The third-order valence-corrected chi connectivity index (χ3v) is 5.65. The number of carbonyl (C=O) groups excluding carboxylic acids is 2. The Labute approximate surface area is 159 Å². The molecule has 2 aromatic heterocycles. The van der Waals surface area contributed by atoms with E-state index in [1.807, 2.05) is 11.0 Å². The van der Waals surface area contributed by atoms with E-state index in [-0.39, 0.29) is 5.91 Å². The minimum absolute atomic E-state index is 0.173. The van der Waals surface area contributed by atoms with E-state index in [0.717, 1.165) is 57.1 Å². The number of amides is 2. The second-order valence-electron chi connectivity index (χ2n) is 7.43. The van der Waals surface area contributed by atoms with Crippen LogP contribution in [0.4, 0.5) is 0 Å². The van der Waals surface area contributed by atoms with Crippen molar-refractivity contribution in [3.05, 3.63) is 30.3 Å². The van der Waals surface area contributed by atoms with Crippen LogP contribution in [0.1, 0.15) is 43.2 Å². The molecule has 2 aliphatic rings. The summed E-state index contributed by atoms with van der Waals surface area (Å²) in [5.41, 5.74) is 5.99. The number of carbonyl (C=O) groups is 2. The molecule has 27 heavy (non-hydrogen) atoms. The number of rotatable bonds is 5. The van der Waals surface area contributed by atoms with E-state index >= 15 is 0 Å². The first-order chi connectivity index (χ1) is 13.1. The average molecular weight is 372 g/mol. The normalized spacial score (nSPS) is 20.1. The number of nitrogens with zero attached hydrogens (tertiary/aromatic N) is 2. The third-order valence-electron chi connectivity index (χ3n) is 5.65. The van der Waals surface area contributed by atoms with E-state index in [9.17, 15) is 9.59 Å². The largest absolute Gasteiger partial charge is 0.449 e. The zero-order valence-electron chi connectivity index (χ0n) is 15.8. The zero-order valence-corrected chi connectivity index (χ0v) is 15.8. The van der Waals surface area contributed by atoms with Crippen LogP contribution in [0.15, 0.2) is 28.9 Å². The van der Waals surface area contributed by atoms with Crippen molar-refractivity contribution in [2.24, 2.45) is 17.1 Å². The van der Waals surface area contributed by atoms with Gasteiger partial charge in [-0.2, -0.15) is 0 Å². The van der Waals surface area contributed by atoms with Crippen molar-refractivity contribution in [3.8, 4) is 0 Å². The molecule has 3 heterocycles. The first-order valence-corrected chi connectivity index (χ1v) is 9.63. The summed E-state index contributed by atoms with van der Waals surface area (Å²) >= 11 is 0. The van der Waals surface area contributed by atoms with Gasteiger partial charge in [-0.25, -0.2) is 0 Å². The highest BCUT2D eigenvalue weighted by atomic mass is 16.3. The minimum atomic E-state index is -0.173. The van der Waals surface area contributed by atoms with Crippen molar-refractivity contribution >= 4 is 23.3 Å². The van der Waals surface area contributed by atoms with Gasteiger partial charge in [-0.1, -0.05) is 6.92 Å². The van der Waals surface area contributed by atoms with Crippen molar-refractivity contribution in [1.29, 1.82) is 0 Å². The maximum atomic E-state index is 12.2. The van der Waals surface area contributed by atoms with Crippen LogP contribution in [0.3, 0.4) is 0 Å². The Morgan fingerprint density at radius 3 is 2.85 bits per heavy atom. The van der Waals surface area contributed by atoms with Gasteiger partial charge in [-0.3, -0.25) is 14.6 Å². The number of nitrogens with one attached hydrogen (secondary N) is 1. The Kier molecular flexibility index (Phi) is 6.11. The fraction of sp³-hybridized carbons (Fsp3) is 0.550. The summed E-state index contributed by atoms with van der Waals surface area (Å²) in [6.45, 7) is 5.23. The van der Waals surface area contributed by atoms with E-state index in [4.69, 9.17) is 10.2 Å². The van der Waals surface area contributed by atoms with Gasteiger partial charge in [0.15, 0.2) is 11.3 Å². The fourth-order valence-electron chi connectivity index (χ4n) is 3.71. The van der Waals surface area contributed by atoms with E-state index in [0.29, 0.717) is 29.2 Å². The summed E-state index contributed by atoms with van der Waals surface area (Å²) in [7, 11) is 0. The molecule has 2 fully saturated rings. The highest BCUT2D eigenvalue weighted by molar-refractivity contribution is 5.95. The molecule has 1 aliphatic heterocycles. The standard InChI is InChI=1S/C17H19N3O3.C3H9N/c21-11-20-5-2-17(3-6-20)8-13(17)9-19-16(22)14-7-12-1-4-18-10-15(12)23-14;1-2-3-4/h1,4,7,10-11,13H,2-3,5-6,8-9H2,(H,19,22);2-4H2,1H3. The van der Waals surface area contributed by atoms with Gasteiger partial charge in [0.05, 0.1) is 6.20 Å². The van der Waals surface area contributed by atoms with Crippen LogP contribution in [0.5, 0.6) is 0 Å². The van der Waals surface area contributed by atoms with Gasteiger partial charge in [0.25, 0.3) is 5.91 Å². The minimum Gasteiger partial charge on any atom is -0.449 e. The maximum absolute atomic E-state index is 12.2. The molecule has 1 spiro atoms. The van der Waals surface area contributed by atoms with Gasteiger partial charge in [0, 0.05) is 31.2 Å². The molecule has 146 valence electrons. The van der Waals surface area contributed by atoms with Gasteiger partial charge in [-0.05, 0) is 55.7 Å². The lowest BCUT2D eigenvalue weighted by atomic mass is 9.91. The van der Waals surface area contributed by atoms with Crippen LogP contribution >= 0.6 is 0 Å². The number of furan rings is 1. The number of piperidine rings is 1. The summed E-state index contributed by atoms with van der Waals surface area (Å²) in [5, 5.41) is 3.87. The van der Waals surface area contributed by atoms with E-state index in [1.165, 1.54) is 0 Å². The third kappa shape index (κ3) is 4.47. The van der Waals surface area contributed by atoms with Crippen molar-refractivity contribution < 1.29 is 14.0 Å². The lowest BCUT2D eigenvalue weighted by molar-refractivity contribution is -0.119. The Morgan fingerprint density at radius 2 is 2.22 bits per heavy atom. The summed E-state index contributed by atoms with van der Waals surface area (Å²) in [6.07, 6.45) is 8.56. The first-order valence-electron chi connectivity index (χ1n) is 9.63. The molecule has 2 aromatic rings. The Bertz CT molecular complexity index is 745. The zero-order chi connectivity index (χ0) is 19.3. The Morgan fingerprint density at radius 1 is 1.48 bits per heavy atom. The van der Waals surface area contributed by atoms with E-state index in [2.05, 4.69) is 17.2 Å². The molecule has 0 aromatic carbocycles. The fourth-order valence-corrected chi connectivity index (χ4v) is 3.71. The summed E-state index contributed by atoms with van der Waals surface area (Å²) in [5.74, 6) is 0.679. The second-order valence-corrected chi connectivity index (χ2v) is 7.43. The maximum Gasteiger partial charge on any atom is 0.287 e. The lowest BCUT2D eigenvalue weighted by Gasteiger charge is -2.30. The molecule has 1 saturated carbocycles. The van der Waals surface area contributed by atoms with Crippen LogP contribution < -0.4 is 11.1 Å². The number of hydrogen-bond donors (Lipinski definition) is 2. The summed E-state index contributed by atoms with van der Waals surface area (Å²) in [6, 6.07) is 3.57. The number of likely N-dealkylation sites (tertiary alicyclic amines) is 1. The second kappa shape index (κ2) is 8.52. The van der Waals surface area contributed by atoms with Gasteiger partial charge in [0.2, 0.25) is 6.41 Å².